The predicted octanol–water partition coefficient (Wildman–Crippen LogP) is 2.86. The van der Waals surface area contributed by atoms with Gasteiger partial charge in [0.15, 0.2) is 0 Å². The number of benzene rings is 1. The van der Waals surface area contributed by atoms with Crippen molar-refractivity contribution in [3.8, 4) is 5.75 Å². The molecule has 0 aromatic heterocycles. The SMILES string of the molecule is CCSCCC(C)NCC(O)COc1ccccc1C. The van der Waals surface area contributed by atoms with Crippen molar-refractivity contribution >= 4 is 11.8 Å². The third-order valence-corrected chi connectivity index (χ3v) is 4.06. The average molecular weight is 297 g/mol. The van der Waals surface area contributed by atoms with E-state index in [0.29, 0.717) is 19.2 Å². The van der Waals surface area contributed by atoms with Crippen molar-refractivity contribution in [2.75, 3.05) is 24.7 Å². The maximum Gasteiger partial charge on any atom is 0.122 e. The van der Waals surface area contributed by atoms with Crippen LogP contribution in [0.4, 0.5) is 0 Å². The Morgan fingerprint density at radius 3 is 2.80 bits per heavy atom. The lowest BCUT2D eigenvalue weighted by molar-refractivity contribution is 0.103. The Morgan fingerprint density at radius 2 is 2.10 bits per heavy atom. The summed E-state index contributed by atoms with van der Waals surface area (Å²) < 4.78 is 5.64. The topological polar surface area (TPSA) is 41.5 Å². The van der Waals surface area contributed by atoms with Gasteiger partial charge in [-0.2, -0.15) is 11.8 Å². The number of nitrogens with one attached hydrogen (secondary N) is 1. The van der Waals surface area contributed by atoms with Crippen molar-refractivity contribution in [2.45, 2.75) is 39.3 Å². The van der Waals surface area contributed by atoms with Crippen molar-refractivity contribution in [3.63, 3.8) is 0 Å². The minimum Gasteiger partial charge on any atom is -0.491 e. The number of hydrogen-bond acceptors (Lipinski definition) is 4. The summed E-state index contributed by atoms with van der Waals surface area (Å²) in [6, 6.07) is 8.30. The van der Waals surface area contributed by atoms with Gasteiger partial charge in [0.25, 0.3) is 0 Å². The highest BCUT2D eigenvalue weighted by Crippen LogP contribution is 2.16. The molecular weight excluding hydrogens is 270 g/mol. The summed E-state index contributed by atoms with van der Waals surface area (Å²) in [4.78, 5) is 0. The second kappa shape index (κ2) is 10.1. The van der Waals surface area contributed by atoms with Crippen LogP contribution < -0.4 is 10.1 Å². The van der Waals surface area contributed by atoms with Gasteiger partial charge in [-0.1, -0.05) is 25.1 Å². The monoisotopic (exact) mass is 297 g/mol. The minimum absolute atomic E-state index is 0.328. The second-order valence-corrected chi connectivity index (χ2v) is 6.42. The number of ether oxygens (including phenoxy) is 1. The Morgan fingerprint density at radius 1 is 1.35 bits per heavy atom. The van der Waals surface area contributed by atoms with Crippen molar-refractivity contribution in [1.82, 2.24) is 5.32 Å². The summed E-state index contributed by atoms with van der Waals surface area (Å²) >= 11 is 1.95. The lowest BCUT2D eigenvalue weighted by Crippen LogP contribution is -2.36. The molecule has 0 aliphatic rings. The van der Waals surface area contributed by atoms with E-state index >= 15 is 0 Å². The third-order valence-electron chi connectivity index (χ3n) is 3.13. The molecule has 0 heterocycles. The highest BCUT2D eigenvalue weighted by atomic mass is 32.2. The minimum atomic E-state index is -0.476. The maximum absolute atomic E-state index is 9.93. The number of aryl methyl sites for hydroxylation is 1. The Hall–Kier alpha value is -0.710. The van der Waals surface area contributed by atoms with Crippen LogP contribution in [-0.2, 0) is 0 Å². The first-order valence-corrected chi connectivity index (χ1v) is 8.46. The van der Waals surface area contributed by atoms with E-state index in [-0.39, 0.29) is 0 Å². The number of hydrogen-bond donors (Lipinski definition) is 2. The van der Waals surface area contributed by atoms with E-state index in [1.807, 2.05) is 43.0 Å². The van der Waals surface area contributed by atoms with Gasteiger partial charge in [-0.25, -0.2) is 0 Å². The molecule has 4 heteroatoms. The van der Waals surface area contributed by atoms with Crippen LogP contribution >= 0.6 is 11.8 Å². The summed E-state index contributed by atoms with van der Waals surface area (Å²) in [6.45, 7) is 7.24. The number of aliphatic hydroxyl groups is 1. The first-order chi connectivity index (χ1) is 9.63. The van der Waals surface area contributed by atoms with E-state index in [1.165, 1.54) is 11.5 Å². The molecule has 2 N–H and O–H groups in total. The standard InChI is InChI=1S/C16H27NO2S/c1-4-20-10-9-14(3)17-11-15(18)12-19-16-8-6-5-7-13(16)2/h5-8,14-15,17-18H,4,9-12H2,1-3H3. The third kappa shape index (κ3) is 7.17. The molecule has 114 valence electrons. The quantitative estimate of drug-likeness (QED) is 0.652. The Balaban J connectivity index is 2.17. The number of thioether (sulfide) groups is 1. The van der Waals surface area contributed by atoms with Gasteiger partial charge < -0.3 is 15.2 Å². The smallest absolute Gasteiger partial charge is 0.122 e. The molecule has 1 aromatic rings. The summed E-state index contributed by atoms with van der Waals surface area (Å²) in [5.74, 6) is 3.18. The van der Waals surface area contributed by atoms with Crippen molar-refractivity contribution in [1.29, 1.82) is 0 Å². The molecule has 2 unspecified atom stereocenters. The van der Waals surface area contributed by atoms with E-state index in [2.05, 4.69) is 19.2 Å². The highest BCUT2D eigenvalue weighted by Gasteiger charge is 2.08. The van der Waals surface area contributed by atoms with Gasteiger partial charge >= 0.3 is 0 Å². The summed E-state index contributed by atoms with van der Waals surface area (Å²) in [6.07, 6.45) is 0.653. The van der Waals surface area contributed by atoms with Gasteiger partial charge in [0, 0.05) is 12.6 Å². The molecule has 0 amide bonds. The molecule has 1 rings (SSSR count). The van der Waals surface area contributed by atoms with Crippen LogP contribution in [0.25, 0.3) is 0 Å². The van der Waals surface area contributed by atoms with Crippen LogP contribution in [-0.4, -0.2) is 41.9 Å². The number of aliphatic hydroxyl groups excluding tert-OH is 1. The Kier molecular flexibility index (Phi) is 8.74. The summed E-state index contributed by atoms with van der Waals surface area (Å²) in [5, 5.41) is 13.3. The van der Waals surface area contributed by atoms with Gasteiger partial charge in [-0.05, 0) is 43.4 Å². The molecule has 0 fully saturated rings. The van der Waals surface area contributed by atoms with Crippen molar-refractivity contribution < 1.29 is 9.84 Å². The molecule has 0 radical (unpaired) electrons. The molecule has 0 saturated heterocycles. The van der Waals surface area contributed by atoms with Gasteiger partial charge in [0.2, 0.25) is 0 Å². The van der Waals surface area contributed by atoms with Gasteiger partial charge in [0.1, 0.15) is 18.5 Å². The van der Waals surface area contributed by atoms with Crippen LogP contribution in [0.2, 0.25) is 0 Å². The van der Waals surface area contributed by atoms with Crippen LogP contribution in [0, 0.1) is 6.92 Å². The van der Waals surface area contributed by atoms with Gasteiger partial charge in [0.05, 0.1) is 0 Å². The van der Waals surface area contributed by atoms with Crippen LogP contribution in [0.15, 0.2) is 24.3 Å². The summed E-state index contributed by atoms with van der Waals surface area (Å²) in [7, 11) is 0. The first kappa shape index (κ1) is 17.3. The van der Waals surface area contributed by atoms with Gasteiger partial charge in [-0.3, -0.25) is 0 Å². The fourth-order valence-corrected chi connectivity index (χ4v) is 2.62. The zero-order valence-corrected chi connectivity index (χ0v) is 13.6. The van der Waals surface area contributed by atoms with E-state index < -0.39 is 6.10 Å². The summed E-state index contributed by atoms with van der Waals surface area (Å²) in [5.41, 5.74) is 1.10. The molecule has 0 saturated carbocycles. The van der Waals surface area contributed by atoms with Gasteiger partial charge in [-0.15, -0.1) is 0 Å². The zero-order chi connectivity index (χ0) is 14.8. The van der Waals surface area contributed by atoms with Crippen LogP contribution in [0.3, 0.4) is 0 Å². The maximum atomic E-state index is 9.93. The lowest BCUT2D eigenvalue weighted by Gasteiger charge is -2.18. The molecule has 0 aliphatic heterocycles. The molecule has 0 bridgehead atoms. The molecule has 2 atom stereocenters. The van der Waals surface area contributed by atoms with Crippen LogP contribution in [0.1, 0.15) is 25.8 Å². The van der Waals surface area contributed by atoms with Crippen molar-refractivity contribution in [3.05, 3.63) is 29.8 Å². The lowest BCUT2D eigenvalue weighted by atomic mass is 10.2. The van der Waals surface area contributed by atoms with E-state index in [4.69, 9.17) is 4.74 Å². The highest BCUT2D eigenvalue weighted by molar-refractivity contribution is 7.99. The normalized spacial score (nSPS) is 14.0. The average Bonchev–Trinajstić information content (AvgIpc) is 2.44. The molecular formula is C16H27NO2S. The predicted molar refractivity (Wildman–Crippen MR) is 87.8 cm³/mol. The largest absolute Gasteiger partial charge is 0.491 e. The fraction of sp³-hybridized carbons (Fsp3) is 0.625. The molecule has 0 spiro atoms. The molecule has 20 heavy (non-hydrogen) atoms. The van der Waals surface area contributed by atoms with Crippen molar-refractivity contribution in [2.24, 2.45) is 0 Å². The Labute approximate surface area is 127 Å². The number of para-hydroxylation sites is 1. The molecule has 3 nitrogen and oxygen atoms in total. The van der Waals surface area contributed by atoms with E-state index in [9.17, 15) is 5.11 Å². The first-order valence-electron chi connectivity index (χ1n) is 7.31. The van der Waals surface area contributed by atoms with Crippen LogP contribution in [0.5, 0.6) is 5.75 Å². The molecule has 0 aliphatic carbocycles. The Bertz CT molecular complexity index is 373. The second-order valence-electron chi connectivity index (χ2n) is 5.03. The molecule has 1 aromatic carbocycles. The zero-order valence-electron chi connectivity index (χ0n) is 12.8. The van der Waals surface area contributed by atoms with E-state index in [1.54, 1.807) is 0 Å². The number of rotatable bonds is 10. The fourth-order valence-electron chi connectivity index (χ4n) is 1.81. The van der Waals surface area contributed by atoms with E-state index in [0.717, 1.165) is 17.7 Å².